The highest BCUT2D eigenvalue weighted by Crippen LogP contribution is 2.48. The van der Waals surface area contributed by atoms with Gasteiger partial charge in [0.25, 0.3) is 0 Å². The predicted molar refractivity (Wildman–Crippen MR) is 199 cm³/mol. The number of carboxylic acid groups (broad SMARTS) is 1. The van der Waals surface area contributed by atoms with Gasteiger partial charge in [-0.3, -0.25) is 9.59 Å². The van der Waals surface area contributed by atoms with Crippen LogP contribution in [0.5, 0.6) is 11.8 Å². The number of rotatable bonds is 13. The number of ether oxygens (including phenoxy) is 2. The van der Waals surface area contributed by atoms with Crippen LogP contribution in [-0.2, 0) is 9.59 Å². The van der Waals surface area contributed by atoms with Crippen LogP contribution in [-0.4, -0.2) is 62.6 Å². The maximum absolute atomic E-state index is 12.5. The Morgan fingerprint density at radius 3 is 1.58 bits per heavy atom. The largest absolute Gasteiger partial charge is 0.481 e. The summed E-state index contributed by atoms with van der Waals surface area (Å²) in [5.41, 5.74) is 9.63. The summed E-state index contributed by atoms with van der Waals surface area (Å²) in [6.45, 7) is -0.219. The van der Waals surface area contributed by atoms with Gasteiger partial charge in [-0.15, -0.1) is 0 Å². The maximum atomic E-state index is 12.5. The molecule has 1 amide bonds. The number of nitrogens with two attached hydrogens (primary N) is 1. The Kier molecular flexibility index (Phi) is 13.1. The molecule has 280 valence electrons. The number of hydrogen-bond acceptors (Lipinski definition) is 9. The molecule has 0 spiro atoms. The van der Waals surface area contributed by atoms with Gasteiger partial charge in [-0.1, -0.05) is 66.7 Å². The molecule has 2 aromatic heterocycles. The smallest absolute Gasteiger partial charge is 0.307 e. The number of benzene rings is 2. The number of aliphatic hydroxyl groups excluding tert-OH is 2. The van der Waals surface area contributed by atoms with Crippen molar-refractivity contribution in [3.63, 3.8) is 0 Å². The average molecular weight is 723 g/mol. The van der Waals surface area contributed by atoms with Crippen LogP contribution >= 0.6 is 0 Å². The summed E-state index contributed by atoms with van der Waals surface area (Å²) in [4.78, 5) is 31.5. The molecule has 11 heteroatoms. The van der Waals surface area contributed by atoms with E-state index in [0.717, 1.165) is 55.2 Å². The number of aromatic nitrogens is 2. The third-order valence-electron chi connectivity index (χ3n) is 10.4. The fourth-order valence-electron chi connectivity index (χ4n) is 6.38. The van der Waals surface area contributed by atoms with Crippen molar-refractivity contribution in [1.29, 1.82) is 0 Å². The van der Waals surface area contributed by atoms with E-state index < -0.39 is 12.0 Å². The van der Waals surface area contributed by atoms with Crippen LogP contribution in [0.15, 0.2) is 97.3 Å². The van der Waals surface area contributed by atoms with Crippen molar-refractivity contribution >= 4 is 11.9 Å². The predicted octanol–water partition coefficient (Wildman–Crippen LogP) is 5.85. The minimum absolute atomic E-state index is 0.00676. The maximum Gasteiger partial charge on any atom is 0.307 e. The van der Waals surface area contributed by atoms with E-state index in [4.69, 9.17) is 25.4 Å². The van der Waals surface area contributed by atoms with E-state index in [2.05, 4.69) is 27.4 Å². The Morgan fingerprint density at radius 2 is 1.19 bits per heavy atom. The summed E-state index contributed by atoms with van der Waals surface area (Å²) in [6.07, 6.45) is 12.5. The number of aliphatic carboxylic acids is 1. The van der Waals surface area contributed by atoms with Gasteiger partial charge >= 0.3 is 5.97 Å². The first-order chi connectivity index (χ1) is 25.8. The Morgan fingerprint density at radius 1 is 0.698 bits per heavy atom. The van der Waals surface area contributed by atoms with Gasteiger partial charge in [0.15, 0.2) is 0 Å². The van der Waals surface area contributed by atoms with Crippen molar-refractivity contribution in [3.8, 4) is 11.8 Å². The molecule has 6 N–H and O–H groups in total. The molecule has 0 aliphatic heterocycles. The number of nitrogens with zero attached hydrogens (tertiary/aromatic N) is 2. The standard InChI is InChI=1S/C21H24N2O3.C11H16N2O2.C10H10O2/c24-13-19(15-9-10-20(22-12-15)26-16-7-4-8-16)23-21(25)18-11-17(18)14-5-2-1-3-6-14;12-10(7-14)8-4-5-11(13-6-8)15-9-2-1-3-9;11-10(12)9-6-8(9)7-4-2-1-3-5-7/h1-3,5-6,9-10,12,16-19,24H,4,7-8,11,13H2,(H,23,25);4-6,9-10,14H,1-3,7,12H2;1-5,8-9H,6H2,(H,11,12)/t17-,18+,19+;10-;8-,9+/m101/s1. The molecule has 6 atom stereocenters. The molecule has 4 aliphatic rings. The minimum Gasteiger partial charge on any atom is -0.481 e. The minimum atomic E-state index is -0.663. The topological polar surface area (TPSA) is 177 Å². The van der Waals surface area contributed by atoms with Gasteiger partial charge in [-0.25, -0.2) is 9.97 Å². The van der Waals surface area contributed by atoms with E-state index in [-0.39, 0.29) is 54.9 Å². The lowest BCUT2D eigenvalue weighted by atomic mass is 9.96. The first-order valence-corrected chi connectivity index (χ1v) is 18.7. The average Bonchev–Trinajstić information content (AvgIpc) is 4.10. The van der Waals surface area contributed by atoms with Crippen LogP contribution < -0.4 is 20.5 Å². The Bertz CT molecular complexity index is 1740. The molecule has 53 heavy (non-hydrogen) atoms. The zero-order valence-electron chi connectivity index (χ0n) is 29.9. The molecule has 11 nitrogen and oxygen atoms in total. The van der Waals surface area contributed by atoms with Gasteiger partial charge < -0.3 is 35.8 Å². The number of carboxylic acids is 1. The SMILES string of the molecule is N[C@@H](CO)c1ccc(OC2CCC2)nc1.O=C(N[C@@H](CO)c1ccc(OC2CCC2)nc1)[C@H]1C[C@@H]1c1ccccc1.O=C(O)[C@H]1C[C@@H]1c1ccccc1. The first-order valence-electron chi connectivity index (χ1n) is 18.7. The van der Waals surface area contributed by atoms with E-state index in [9.17, 15) is 14.7 Å². The zero-order chi connectivity index (χ0) is 37.2. The lowest BCUT2D eigenvalue weighted by molar-refractivity contribution is -0.138. The van der Waals surface area contributed by atoms with Crippen molar-refractivity contribution in [2.24, 2.45) is 17.6 Å². The van der Waals surface area contributed by atoms with Crippen molar-refractivity contribution in [2.45, 2.75) is 87.5 Å². The Hall–Kier alpha value is -4.84. The van der Waals surface area contributed by atoms with E-state index in [0.29, 0.717) is 17.9 Å². The molecule has 2 heterocycles. The third kappa shape index (κ3) is 10.6. The molecule has 8 rings (SSSR count). The highest BCUT2D eigenvalue weighted by atomic mass is 16.5. The van der Waals surface area contributed by atoms with Crippen molar-refractivity contribution in [3.05, 3.63) is 120 Å². The third-order valence-corrected chi connectivity index (χ3v) is 10.4. The van der Waals surface area contributed by atoms with E-state index >= 15 is 0 Å². The monoisotopic (exact) mass is 722 g/mol. The quantitative estimate of drug-likeness (QED) is 0.113. The van der Waals surface area contributed by atoms with Crippen LogP contribution in [0.25, 0.3) is 0 Å². The summed E-state index contributed by atoms with van der Waals surface area (Å²) in [6, 6.07) is 26.5. The number of hydrogen-bond donors (Lipinski definition) is 5. The number of carbonyl (C=O) groups is 2. The lowest BCUT2D eigenvalue weighted by Crippen LogP contribution is -2.32. The van der Waals surface area contributed by atoms with E-state index in [1.807, 2.05) is 72.8 Å². The van der Waals surface area contributed by atoms with Crippen LogP contribution in [0.3, 0.4) is 0 Å². The summed E-state index contributed by atoms with van der Waals surface area (Å²) in [5.74, 6) is 0.988. The second-order valence-electron chi connectivity index (χ2n) is 14.3. The van der Waals surface area contributed by atoms with Crippen molar-refractivity contribution in [2.75, 3.05) is 13.2 Å². The van der Waals surface area contributed by atoms with Crippen LogP contribution in [0.2, 0.25) is 0 Å². The summed E-state index contributed by atoms with van der Waals surface area (Å²) >= 11 is 0. The first kappa shape index (κ1) is 37.9. The Balaban J connectivity index is 0.000000150. The van der Waals surface area contributed by atoms with Crippen LogP contribution in [0.1, 0.15) is 97.5 Å². The Labute approximate surface area is 310 Å². The molecule has 4 aliphatic carbocycles. The van der Waals surface area contributed by atoms with E-state index in [1.54, 1.807) is 12.4 Å². The summed E-state index contributed by atoms with van der Waals surface area (Å²) < 4.78 is 11.4. The summed E-state index contributed by atoms with van der Waals surface area (Å²) in [7, 11) is 0. The van der Waals surface area contributed by atoms with Gasteiger partial charge in [0.2, 0.25) is 17.7 Å². The molecule has 4 saturated carbocycles. The molecular formula is C42H50N4O7. The van der Waals surface area contributed by atoms with Crippen LogP contribution in [0.4, 0.5) is 0 Å². The second-order valence-corrected chi connectivity index (χ2v) is 14.3. The van der Waals surface area contributed by atoms with E-state index in [1.165, 1.54) is 18.4 Å². The number of pyridine rings is 2. The molecular weight excluding hydrogens is 672 g/mol. The van der Waals surface area contributed by atoms with Gasteiger partial charge in [-0.05, 0) is 91.5 Å². The molecule has 0 radical (unpaired) electrons. The van der Waals surface area contributed by atoms with Crippen LogP contribution in [0, 0.1) is 11.8 Å². The lowest BCUT2D eigenvalue weighted by Gasteiger charge is -2.25. The number of carbonyl (C=O) groups excluding carboxylic acids is 1. The molecule has 0 saturated heterocycles. The fourth-order valence-corrected chi connectivity index (χ4v) is 6.38. The van der Waals surface area contributed by atoms with Crippen molar-refractivity contribution < 1.29 is 34.4 Å². The highest BCUT2D eigenvalue weighted by molar-refractivity contribution is 5.83. The number of amides is 1. The number of nitrogens with one attached hydrogen (secondary N) is 1. The summed E-state index contributed by atoms with van der Waals surface area (Å²) in [5, 5.41) is 30.2. The molecule has 2 aromatic carbocycles. The fraction of sp³-hybridized carbons (Fsp3) is 0.429. The van der Waals surface area contributed by atoms with Gasteiger partial charge in [-0.2, -0.15) is 0 Å². The zero-order valence-corrected chi connectivity index (χ0v) is 29.9. The molecule has 0 unspecified atom stereocenters. The second kappa shape index (κ2) is 18.3. The molecule has 4 fully saturated rings. The van der Waals surface area contributed by atoms with Crippen molar-refractivity contribution in [1.82, 2.24) is 15.3 Å². The van der Waals surface area contributed by atoms with Gasteiger partial charge in [0.1, 0.15) is 12.2 Å². The van der Waals surface area contributed by atoms with Gasteiger partial charge in [0.05, 0.1) is 31.2 Å². The molecule has 4 aromatic rings. The highest BCUT2D eigenvalue weighted by Gasteiger charge is 2.45. The number of aliphatic hydroxyl groups is 2. The van der Waals surface area contributed by atoms with Gasteiger partial charge in [0, 0.05) is 30.4 Å². The normalized spacial score (nSPS) is 22.5. The molecule has 0 bridgehead atoms.